The van der Waals surface area contributed by atoms with Gasteiger partial charge in [-0.25, -0.2) is 9.97 Å². The number of ether oxygens (including phenoxy) is 2. The Kier molecular flexibility index (Phi) is 5.31. The second-order valence-electron chi connectivity index (χ2n) is 6.85. The molecule has 30 heavy (non-hydrogen) atoms. The lowest BCUT2D eigenvalue weighted by atomic mass is 10.1. The molecule has 4 aromatic rings. The minimum atomic E-state index is 0.150. The molecule has 0 saturated heterocycles. The van der Waals surface area contributed by atoms with E-state index in [0.29, 0.717) is 35.7 Å². The molecule has 0 spiro atoms. The first-order valence-electron chi connectivity index (χ1n) is 10.1. The molecule has 8 nitrogen and oxygen atoms in total. The van der Waals surface area contributed by atoms with Gasteiger partial charge in [0.2, 0.25) is 5.88 Å². The minimum absolute atomic E-state index is 0.150. The summed E-state index contributed by atoms with van der Waals surface area (Å²) in [5, 5.41) is 15.8. The highest BCUT2D eigenvalue weighted by molar-refractivity contribution is 5.90. The molecule has 0 aliphatic heterocycles. The van der Waals surface area contributed by atoms with E-state index in [2.05, 4.69) is 10.1 Å². The predicted molar refractivity (Wildman–Crippen MR) is 114 cm³/mol. The van der Waals surface area contributed by atoms with Gasteiger partial charge in [0.1, 0.15) is 0 Å². The molecule has 156 valence electrons. The van der Waals surface area contributed by atoms with E-state index in [1.165, 1.54) is 0 Å². The molecule has 0 aliphatic carbocycles. The summed E-state index contributed by atoms with van der Waals surface area (Å²) >= 11 is 0. The normalized spacial score (nSPS) is 11.2. The number of aryl methyl sites for hydroxylation is 2. The van der Waals surface area contributed by atoms with Gasteiger partial charge in [-0.1, -0.05) is 0 Å². The molecule has 0 aliphatic rings. The summed E-state index contributed by atoms with van der Waals surface area (Å²) < 4.78 is 14.8. The summed E-state index contributed by atoms with van der Waals surface area (Å²) in [6, 6.07) is 3.83. The topological polar surface area (TPSA) is 87.2 Å². The largest absolute Gasteiger partial charge is 0.494 e. The van der Waals surface area contributed by atoms with Crippen molar-refractivity contribution in [2.24, 2.45) is 0 Å². The van der Waals surface area contributed by atoms with Crippen molar-refractivity contribution in [2.45, 2.75) is 34.2 Å². The number of nitrogens with zero attached hydrogens (tertiary/aromatic N) is 5. The molecule has 0 fully saturated rings. The summed E-state index contributed by atoms with van der Waals surface area (Å²) in [6.45, 7) is 9.58. The Bertz CT molecular complexity index is 1200. The molecule has 0 radical (unpaired) electrons. The van der Waals surface area contributed by atoms with Crippen LogP contribution >= 0.6 is 0 Å². The Morgan fingerprint density at radius 3 is 2.53 bits per heavy atom. The van der Waals surface area contributed by atoms with Gasteiger partial charge in [0.15, 0.2) is 5.75 Å². The van der Waals surface area contributed by atoms with Crippen LogP contribution < -0.4 is 9.47 Å². The number of hydrogen-bond donors (Lipinski definition) is 1. The van der Waals surface area contributed by atoms with Crippen LogP contribution in [-0.2, 0) is 6.54 Å². The van der Waals surface area contributed by atoms with Crippen molar-refractivity contribution in [1.82, 2.24) is 24.3 Å². The minimum Gasteiger partial charge on any atom is -0.494 e. The van der Waals surface area contributed by atoms with Crippen molar-refractivity contribution in [3.63, 3.8) is 0 Å². The summed E-state index contributed by atoms with van der Waals surface area (Å²) in [7, 11) is 0. The molecule has 8 heteroatoms. The highest BCUT2D eigenvalue weighted by Gasteiger charge is 2.17. The Labute approximate surface area is 174 Å². The van der Waals surface area contributed by atoms with Crippen LogP contribution in [0.25, 0.3) is 27.8 Å². The number of aromatic nitrogens is 5. The average Bonchev–Trinajstić information content (AvgIpc) is 3.34. The van der Waals surface area contributed by atoms with E-state index in [4.69, 9.17) is 14.5 Å². The van der Waals surface area contributed by atoms with Crippen molar-refractivity contribution >= 4 is 10.9 Å². The zero-order chi connectivity index (χ0) is 21.3. The van der Waals surface area contributed by atoms with E-state index in [9.17, 15) is 5.11 Å². The van der Waals surface area contributed by atoms with Crippen LogP contribution in [0.2, 0.25) is 0 Å². The van der Waals surface area contributed by atoms with Gasteiger partial charge in [0.05, 0.1) is 41.7 Å². The smallest absolute Gasteiger partial charge is 0.257 e. The van der Waals surface area contributed by atoms with E-state index in [-0.39, 0.29) is 5.88 Å². The Morgan fingerprint density at radius 1 is 1.03 bits per heavy atom. The summed E-state index contributed by atoms with van der Waals surface area (Å²) in [5.74, 6) is 1.21. The maximum atomic E-state index is 10.8. The average molecular weight is 407 g/mol. The summed E-state index contributed by atoms with van der Waals surface area (Å²) in [4.78, 5) is 9.18. The fourth-order valence-electron chi connectivity index (χ4n) is 3.46. The van der Waals surface area contributed by atoms with E-state index in [1.54, 1.807) is 17.0 Å². The standard InChI is InChI=1S/C22H25N5O3/c1-5-26-12-16(11-24-26)27-13-18-20(22(27)28)14(4)8-17(25-18)15-9-19(29-6-2)21(23-10-15)30-7-3/h8-13,28H,5-7H2,1-4H3. The number of aromatic hydroxyl groups is 1. The first-order valence-corrected chi connectivity index (χ1v) is 10.1. The lowest BCUT2D eigenvalue weighted by Gasteiger charge is -2.11. The summed E-state index contributed by atoms with van der Waals surface area (Å²) in [6.07, 6.45) is 7.16. The molecule has 4 heterocycles. The second kappa shape index (κ2) is 8.06. The molecule has 0 aromatic carbocycles. The third-order valence-electron chi connectivity index (χ3n) is 4.86. The molecule has 4 rings (SSSR count). The van der Waals surface area contributed by atoms with Gasteiger partial charge in [0, 0.05) is 30.7 Å². The van der Waals surface area contributed by atoms with Crippen LogP contribution in [0.15, 0.2) is 36.9 Å². The third kappa shape index (κ3) is 3.45. The monoisotopic (exact) mass is 407 g/mol. The lowest BCUT2D eigenvalue weighted by molar-refractivity contribution is 0.278. The van der Waals surface area contributed by atoms with Gasteiger partial charge in [-0.05, 0) is 45.4 Å². The third-order valence-corrected chi connectivity index (χ3v) is 4.86. The molecular formula is C22H25N5O3. The zero-order valence-corrected chi connectivity index (χ0v) is 17.6. The van der Waals surface area contributed by atoms with E-state index >= 15 is 0 Å². The fraction of sp³-hybridized carbons (Fsp3) is 0.318. The Hall–Kier alpha value is -3.55. The Balaban J connectivity index is 1.80. The van der Waals surface area contributed by atoms with E-state index in [1.807, 2.05) is 56.9 Å². The molecule has 0 saturated carbocycles. The van der Waals surface area contributed by atoms with Crippen LogP contribution in [0.5, 0.6) is 17.5 Å². The van der Waals surface area contributed by atoms with Gasteiger partial charge < -0.3 is 14.6 Å². The van der Waals surface area contributed by atoms with Crippen LogP contribution in [0.4, 0.5) is 0 Å². The number of hydrogen-bond acceptors (Lipinski definition) is 6. The lowest BCUT2D eigenvalue weighted by Crippen LogP contribution is -2.01. The molecule has 0 atom stereocenters. The predicted octanol–water partition coefficient (Wildman–Crippen LogP) is 4.12. The van der Waals surface area contributed by atoms with Crippen LogP contribution in [0, 0.1) is 6.92 Å². The molecular weight excluding hydrogens is 382 g/mol. The van der Waals surface area contributed by atoms with Gasteiger partial charge >= 0.3 is 0 Å². The van der Waals surface area contributed by atoms with Gasteiger partial charge in [-0.2, -0.15) is 5.10 Å². The van der Waals surface area contributed by atoms with Gasteiger partial charge in [-0.15, -0.1) is 0 Å². The first kappa shape index (κ1) is 19.8. The number of fused-ring (bicyclic) bond motifs is 1. The highest BCUT2D eigenvalue weighted by Crippen LogP contribution is 2.35. The molecule has 0 unspecified atom stereocenters. The zero-order valence-electron chi connectivity index (χ0n) is 17.6. The SMILES string of the molecule is CCOc1cc(-c2cc(C)c3c(O)n(-c4cnn(CC)c4)cc3n2)cnc1OCC. The quantitative estimate of drug-likeness (QED) is 0.496. The molecule has 0 amide bonds. The fourth-order valence-corrected chi connectivity index (χ4v) is 3.46. The van der Waals surface area contributed by atoms with E-state index < -0.39 is 0 Å². The maximum Gasteiger partial charge on any atom is 0.257 e. The second-order valence-corrected chi connectivity index (χ2v) is 6.85. The summed E-state index contributed by atoms with van der Waals surface area (Å²) in [5.41, 5.74) is 3.96. The first-order chi connectivity index (χ1) is 14.5. The Morgan fingerprint density at radius 2 is 1.83 bits per heavy atom. The van der Waals surface area contributed by atoms with Crippen molar-refractivity contribution in [3.8, 4) is 34.5 Å². The number of rotatable bonds is 7. The van der Waals surface area contributed by atoms with Gasteiger partial charge in [-0.3, -0.25) is 9.25 Å². The van der Waals surface area contributed by atoms with Gasteiger partial charge in [0.25, 0.3) is 5.88 Å². The van der Waals surface area contributed by atoms with Crippen LogP contribution in [0.3, 0.4) is 0 Å². The van der Waals surface area contributed by atoms with Crippen LogP contribution in [0.1, 0.15) is 26.3 Å². The van der Waals surface area contributed by atoms with Crippen molar-refractivity contribution < 1.29 is 14.6 Å². The molecule has 0 bridgehead atoms. The molecule has 1 N–H and O–H groups in total. The highest BCUT2D eigenvalue weighted by atomic mass is 16.5. The van der Waals surface area contributed by atoms with Crippen molar-refractivity contribution in [1.29, 1.82) is 0 Å². The van der Waals surface area contributed by atoms with E-state index in [0.717, 1.165) is 29.1 Å². The number of pyridine rings is 2. The van der Waals surface area contributed by atoms with Crippen molar-refractivity contribution in [3.05, 3.63) is 42.5 Å². The van der Waals surface area contributed by atoms with Crippen LogP contribution in [-0.4, -0.2) is 42.6 Å². The molecule has 4 aromatic heterocycles. The maximum absolute atomic E-state index is 10.8. The van der Waals surface area contributed by atoms with Crippen molar-refractivity contribution in [2.75, 3.05) is 13.2 Å².